The van der Waals surface area contributed by atoms with Crippen molar-refractivity contribution in [2.24, 2.45) is 0 Å². The van der Waals surface area contributed by atoms with Crippen LogP contribution in [0.15, 0.2) is 24.3 Å². The molecule has 0 aliphatic carbocycles. The van der Waals surface area contributed by atoms with Crippen molar-refractivity contribution in [1.29, 1.82) is 0 Å². The van der Waals surface area contributed by atoms with E-state index in [2.05, 4.69) is 24.1 Å². The van der Waals surface area contributed by atoms with Crippen LogP contribution < -0.4 is 10.2 Å². The zero-order valence-electron chi connectivity index (χ0n) is 13.9. The number of nitrogens with zero attached hydrogens (tertiary/aromatic N) is 2. The Bertz CT molecular complexity index is 520. The normalized spacial score (nSPS) is 14.4. The summed E-state index contributed by atoms with van der Waals surface area (Å²) < 4.78 is 5.20. The van der Waals surface area contributed by atoms with Crippen LogP contribution in [0.5, 0.6) is 0 Å². The van der Waals surface area contributed by atoms with Crippen LogP contribution in [-0.2, 0) is 14.3 Å². The molecule has 2 rings (SSSR count). The first kappa shape index (κ1) is 17.3. The van der Waals surface area contributed by atoms with Crippen LogP contribution in [0.4, 0.5) is 11.4 Å². The van der Waals surface area contributed by atoms with Gasteiger partial charge in [-0.05, 0) is 38.1 Å². The van der Waals surface area contributed by atoms with Gasteiger partial charge in [0.1, 0.15) is 6.42 Å². The van der Waals surface area contributed by atoms with E-state index in [1.165, 1.54) is 0 Å². The van der Waals surface area contributed by atoms with Gasteiger partial charge < -0.3 is 19.9 Å². The van der Waals surface area contributed by atoms with E-state index in [1.54, 1.807) is 4.90 Å². The van der Waals surface area contributed by atoms with Gasteiger partial charge in [0.2, 0.25) is 11.8 Å². The Balaban J connectivity index is 1.86. The van der Waals surface area contributed by atoms with Crippen LogP contribution in [0.25, 0.3) is 0 Å². The third-order valence-electron chi connectivity index (χ3n) is 3.96. The zero-order valence-corrected chi connectivity index (χ0v) is 13.9. The van der Waals surface area contributed by atoms with Crippen LogP contribution in [0.2, 0.25) is 0 Å². The summed E-state index contributed by atoms with van der Waals surface area (Å²) in [6.07, 6.45) is -0.127. The van der Waals surface area contributed by atoms with E-state index in [0.717, 1.165) is 18.8 Å². The molecule has 1 aliphatic heterocycles. The highest BCUT2D eigenvalue weighted by Crippen LogP contribution is 2.17. The molecule has 1 aromatic rings. The van der Waals surface area contributed by atoms with Crippen molar-refractivity contribution in [2.45, 2.75) is 20.3 Å². The Morgan fingerprint density at radius 2 is 1.74 bits per heavy atom. The zero-order chi connectivity index (χ0) is 16.7. The number of benzene rings is 1. The number of anilines is 2. The van der Waals surface area contributed by atoms with E-state index in [-0.39, 0.29) is 18.2 Å². The molecule has 1 saturated heterocycles. The molecule has 126 valence electrons. The molecule has 6 heteroatoms. The summed E-state index contributed by atoms with van der Waals surface area (Å²) in [5.41, 5.74) is 1.83. The predicted molar refractivity (Wildman–Crippen MR) is 90.6 cm³/mol. The second kappa shape index (κ2) is 8.53. The van der Waals surface area contributed by atoms with E-state index in [9.17, 15) is 9.59 Å². The molecule has 1 aliphatic rings. The average Bonchev–Trinajstić information content (AvgIpc) is 2.58. The van der Waals surface area contributed by atoms with Crippen LogP contribution in [-0.4, -0.2) is 56.1 Å². The Kier molecular flexibility index (Phi) is 6.40. The van der Waals surface area contributed by atoms with Gasteiger partial charge in [0, 0.05) is 37.6 Å². The molecule has 1 N–H and O–H groups in total. The first-order valence-electron chi connectivity index (χ1n) is 8.14. The molecule has 6 nitrogen and oxygen atoms in total. The first-order valence-corrected chi connectivity index (χ1v) is 8.14. The van der Waals surface area contributed by atoms with Crippen LogP contribution in [0, 0.1) is 0 Å². The van der Waals surface area contributed by atoms with Crippen LogP contribution in [0.1, 0.15) is 20.3 Å². The van der Waals surface area contributed by atoms with Gasteiger partial charge in [-0.25, -0.2) is 0 Å². The standard InChI is InChI=1S/C17H25N3O3/c1-3-19(4-2)15-7-5-14(6-8-15)18-16(21)13-17(22)20-9-11-23-12-10-20/h5-8H,3-4,9-13H2,1-2H3,(H,18,21). The summed E-state index contributed by atoms with van der Waals surface area (Å²) in [4.78, 5) is 27.9. The number of nitrogens with one attached hydrogen (secondary N) is 1. The molecular formula is C17H25N3O3. The minimum atomic E-state index is -0.280. The molecule has 1 heterocycles. The molecule has 23 heavy (non-hydrogen) atoms. The average molecular weight is 319 g/mol. The lowest BCUT2D eigenvalue weighted by atomic mass is 10.2. The minimum Gasteiger partial charge on any atom is -0.378 e. The molecule has 0 bridgehead atoms. The Morgan fingerprint density at radius 1 is 1.13 bits per heavy atom. The van der Waals surface area contributed by atoms with E-state index < -0.39 is 0 Å². The van der Waals surface area contributed by atoms with Crippen molar-refractivity contribution in [3.8, 4) is 0 Å². The van der Waals surface area contributed by atoms with Gasteiger partial charge in [0.05, 0.1) is 13.2 Å². The summed E-state index contributed by atoms with van der Waals surface area (Å²) in [6.45, 7) is 8.30. The number of hydrogen-bond donors (Lipinski definition) is 1. The third kappa shape index (κ3) is 4.96. The molecular weight excluding hydrogens is 294 g/mol. The molecule has 0 atom stereocenters. The van der Waals surface area contributed by atoms with Crippen molar-refractivity contribution in [1.82, 2.24) is 4.90 Å². The topological polar surface area (TPSA) is 61.9 Å². The number of morpholine rings is 1. The third-order valence-corrected chi connectivity index (χ3v) is 3.96. The van der Waals surface area contributed by atoms with Crippen LogP contribution >= 0.6 is 0 Å². The highest BCUT2D eigenvalue weighted by Gasteiger charge is 2.19. The lowest BCUT2D eigenvalue weighted by Gasteiger charge is -2.26. The summed E-state index contributed by atoms with van der Waals surface area (Å²) in [7, 11) is 0. The van der Waals surface area contributed by atoms with Gasteiger partial charge in [-0.15, -0.1) is 0 Å². The highest BCUT2D eigenvalue weighted by molar-refractivity contribution is 6.03. The molecule has 1 fully saturated rings. The van der Waals surface area contributed by atoms with Gasteiger partial charge in [-0.1, -0.05) is 0 Å². The molecule has 1 aromatic carbocycles. The SMILES string of the molecule is CCN(CC)c1ccc(NC(=O)CC(=O)N2CCOCC2)cc1. The first-order chi connectivity index (χ1) is 11.1. The highest BCUT2D eigenvalue weighted by atomic mass is 16.5. The molecule has 0 spiro atoms. The van der Waals surface area contributed by atoms with Gasteiger partial charge >= 0.3 is 0 Å². The lowest BCUT2D eigenvalue weighted by Crippen LogP contribution is -2.41. The number of amides is 2. The monoisotopic (exact) mass is 319 g/mol. The molecule has 0 aromatic heterocycles. The number of ether oxygens (including phenoxy) is 1. The largest absolute Gasteiger partial charge is 0.378 e. The fourth-order valence-corrected chi connectivity index (χ4v) is 2.61. The number of carbonyl (C=O) groups excluding carboxylic acids is 2. The lowest BCUT2D eigenvalue weighted by molar-refractivity contribution is -0.138. The van der Waals surface area contributed by atoms with Crippen molar-refractivity contribution in [3.63, 3.8) is 0 Å². The summed E-state index contributed by atoms with van der Waals surface area (Å²) in [6, 6.07) is 7.69. The fourth-order valence-electron chi connectivity index (χ4n) is 2.61. The number of hydrogen-bond acceptors (Lipinski definition) is 4. The fraction of sp³-hybridized carbons (Fsp3) is 0.529. The van der Waals surface area contributed by atoms with E-state index in [1.807, 2.05) is 24.3 Å². The van der Waals surface area contributed by atoms with E-state index >= 15 is 0 Å². The maximum Gasteiger partial charge on any atom is 0.233 e. The minimum absolute atomic E-state index is 0.127. The molecule has 0 saturated carbocycles. The number of carbonyl (C=O) groups is 2. The molecule has 0 unspecified atom stereocenters. The number of rotatable bonds is 6. The van der Waals surface area contributed by atoms with Crippen molar-refractivity contribution < 1.29 is 14.3 Å². The smallest absolute Gasteiger partial charge is 0.233 e. The van der Waals surface area contributed by atoms with E-state index in [0.29, 0.717) is 32.0 Å². The quantitative estimate of drug-likeness (QED) is 0.811. The second-order valence-electron chi connectivity index (χ2n) is 5.44. The van der Waals surface area contributed by atoms with Crippen molar-refractivity contribution in [3.05, 3.63) is 24.3 Å². The van der Waals surface area contributed by atoms with Crippen molar-refractivity contribution in [2.75, 3.05) is 49.6 Å². The molecule has 0 radical (unpaired) electrons. The predicted octanol–water partition coefficient (Wildman–Crippen LogP) is 1.72. The maximum absolute atomic E-state index is 12.0. The molecule has 2 amide bonds. The summed E-state index contributed by atoms with van der Waals surface area (Å²) in [5.74, 6) is -0.428. The Morgan fingerprint density at radius 3 is 2.30 bits per heavy atom. The van der Waals surface area contributed by atoms with E-state index in [4.69, 9.17) is 4.74 Å². The Hall–Kier alpha value is -2.08. The van der Waals surface area contributed by atoms with Crippen LogP contribution in [0.3, 0.4) is 0 Å². The second-order valence-corrected chi connectivity index (χ2v) is 5.44. The van der Waals surface area contributed by atoms with Gasteiger partial charge in [-0.2, -0.15) is 0 Å². The maximum atomic E-state index is 12.0. The summed E-state index contributed by atoms with van der Waals surface area (Å²) >= 11 is 0. The van der Waals surface area contributed by atoms with Crippen molar-refractivity contribution >= 4 is 23.2 Å². The van der Waals surface area contributed by atoms with Gasteiger partial charge in [-0.3, -0.25) is 9.59 Å². The summed E-state index contributed by atoms with van der Waals surface area (Å²) in [5, 5.41) is 2.78. The van der Waals surface area contributed by atoms with Gasteiger partial charge in [0.25, 0.3) is 0 Å². The van der Waals surface area contributed by atoms with Gasteiger partial charge in [0.15, 0.2) is 0 Å². The Labute approximate surface area is 137 Å².